The van der Waals surface area contributed by atoms with E-state index in [4.69, 9.17) is 19.7 Å². The lowest BCUT2D eigenvalue weighted by molar-refractivity contribution is 0.617. The monoisotopic (exact) mass is 618 g/mol. The number of rotatable bonds is 2. The van der Waals surface area contributed by atoms with Crippen molar-refractivity contribution in [3.8, 4) is 42.5 Å². The van der Waals surface area contributed by atoms with E-state index < -0.39 is 101 Å². The molecular weight excluding hydrogens is 614 g/mol. The number of halogens is 2. The summed E-state index contributed by atoms with van der Waals surface area (Å²) in [6.07, 6.45) is 1.33. The van der Waals surface area contributed by atoms with Gasteiger partial charge in [-0.2, -0.15) is 26.3 Å². The number of pyridine rings is 2. The van der Waals surface area contributed by atoms with Crippen LogP contribution in [-0.4, -0.2) is 9.97 Å². The number of hydrogen-bond acceptors (Lipinski definition) is 9. The molecule has 3 aromatic rings. The summed E-state index contributed by atoms with van der Waals surface area (Å²) in [7, 11) is 0. The van der Waals surface area contributed by atoms with Crippen LogP contribution in [0.15, 0.2) is 35.9 Å². The van der Waals surface area contributed by atoms with E-state index in [2.05, 4.69) is 24.5 Å². The Kier molecular flexibility index (Phi) is 7.50. The average Bonchev–Trinajstić information content (AvgIpc) is 3.62. The number of nitrogens with zero attached hydrogens (tertiary/aromatic N) is 12. The van der Waals surface area contributed by atoms with Crippen molar-refractivity contribution in [1.29, 1.82) is 36.8 Å². The minimum atomic E-state index is -1.10. The van der Waals surface area contributed by atoms with Gasteiger partial charge >= 0.3 is 0 Å². The molecule has 214 valence electrons. The molecule has 0 fully saturated rings. The second-order valence-corrected chi connectivity index (χ2v) is 9.39. The highest BCUT2D eigenvalue weighted by molar-refractivity contribution is 6.31. The average molecular weight is 618 g/mol. The third-order valence-corrected chi connectivity index (χ3v) is 7.31. The fraction of sp³-hybridized carbons (Fsp3) is 0. The van der Waals surface area contributed by atoms with Crippen LogP contribution in [0, 0.1) is 111 Å². The third kappa shape index (κ3) is 4.10. The van der Waals surface area contributed by atoms with E-state index in [0.717, 1.165) is 12.1 Å². The fourth-order valence-corrected chi connectivity index (χ4v) is 5.59. The largest absolute Gasteiger partial charge is 0.270 e. The molecule has 0 atom stereocenters. The van der Waals surface area contributed by atoms with E-state index in [1.165, 1.54) is 0 Å². The molecule has 0 amide bonds. The summed E-state index contributed by atoms with van der Waals surface area (Å²) in [5.41, 5.74) is -8.63. The number of benzene rings is 1. The van der Waals surface area contributed by atoms with E-state index in [-0.39, 0.29) is 11.4 Å². The normalized spacial score (nSPS) is 14.2. The second-order valence-electron chi connectivity index (χ2n) is 9.39. The maximum Gasteiger partial charge on any atom is 0.270 e. The number of nitriles is 7. The first-order valence-electron chi connectivity index (χ1n) is 12.7. The first-order valence-corrected chi connectivity index (χ1v) is 12.7. The van der Waals surface area contributed by atoms with Gasteiger partial charge in [0, 0.05) is 33.4 Å². The van der Waals surface area contributed by atoms with Crippen molar-refractivity contribution >= 4 is 33.6 Å². The number of hydrogen-bond donors (Lipinski definition) is 0. The predicted molar refractivity (Wildman–Crippen MR) is 158 cm³/mol. The van der Waals surface area contributed by atoms with E-state index in [1.54, 1.807) is 24.3 Å². The SMILES string of the molecule is [C-]#[N+]C1=C(c2cc(C#N)ncc2F)/C(=C(/C#N)[N+]#[C-])c2c(C#N)c3c(c(C#N)c21)/C(=C(/C#N)[N+]#[C-])C(c1cc(C#N)ncc1F)=C3C#N. The topological polar surface area (TPSA) is 205 Å². The van der Waals surface area contributed by atoms with Gasteiger partial charge in [-0.3, -0.25) is 0 Å². The fourth-order valence-electron chi connectivity index (χ4n) is 5.59. The summed E-state index contributed by atoms with van der Waals surface area (Å²) in [5, 5.41) is 70.6. The zero-order valence-electron chi connectivity index (χ0n) is 23.4. The van der Waals surface area contributed by atoms with Crippen LogP contribution in [0.25, 0.3) is 48.1 Å². The molecule has 0 N–H and O–H groups in total. The molecule has 2 aromatic heterocycles. The lowest BCUT2D eigenvalue weighted by atomic mass is 9.84. The molecule has 0 aliphatic heterocycles. The molecule has 2 heterocycles. The zero-order valence-corrected chi connectivity index (χ0v) is 23.4. The minimum Gasteiger partial charge on any atom is -0.242 e. The first-order chi connectivity index (χ1) is 23.2. The van der Waals surface area contributed by atoms with E-state index in [1.807, 2.05) is 18.2 Å². The minimum absolute atomic E-state index is 0.320. The molecule has 14 heteroatoms. The zero-order chi connectivity index (χ0) is 34.9. The summed E-state index contributed by atoms with van der Waals surface area (Å²) < 4.78 is 30.9. The molecule has 48 heavy (non-hydrogen) atoms. The summed E-state index contributed by atoms with van der Waals surface area (Å²) in [5.74, 6) is -2.19. The van der Waals surface area contributed by atoms with Crippen LogP contribution in [0.2, 0.25) is 0 Å². The maximum absolute atomic E-state index is 15.4. The van der Waals surface area contributed by atoms with Crippen LogP contribution in [-0.2, 0) is 0 Å². The summed E-state index contributed by atoms with van der Waals surface area (Å²) in [6, 6.07) is 14.2. The van der Waals surface area contributed by atoms with Gasteiger partial charge in [-0.15, -0.1) is 0 Å². The van der Waals surface area contributed by atoms with Gasteiger partial charge < -0.3 is 0 Å². The summed E-state index contributed by atoms with van der Waals surface area (Å²) >= 11 is 0. The van der Waals surface area contributed by atoms with E-state index in [0.29, 0.717) is 12.4 Å². The van der Waals surface area contributed by atoms with Gasteiger partial charge in [0.25, 0.3) is 11.4 Å². The smallest absolute Gasteiger partial charge is 0.242 e. The molecular formula is C34H4F2N12. The molecule has 2 aliphatic carbocycles. The molecule has 0 bridgehead atoms. The van der Waals surface area contributed by atoms with E-state index >= 15 is 8.78 Å². The first kappa shape index (κ1) is 30.7. The van der Waals surface area contributed by atoms with Gasteiger partial charge in [0.05, 0.1) is 67.0 Å². The van der Waals surface area contributed by atoms with Gasteiger partial charge in [0.2, 0.25) is 5.70 Å². The molecule has 0 spiro atoms. The van der Waals surface area contributed by atoms with Crippen LogP contribution in [0.5, 0.6) is 0 Å². The highest BCUT2D eigenvalue weighted by atomic mass is 19.1. The van der Waals surface area contributed by atoms with Crippen LogP contribution in [0.4, 0.5) is 8.78 Å². The Morgan fingerprint density at radius 1 is 0.604 bits per heavy atom. The van der Waals surface area contributed by atoms with Gasteiger partial charge in [-0.25, -0.2) is 43.8 Å². The Labute approximate surface area is 269 Å². The quantitative estimate of drug-likeness (QED) is 0.251. The van der Waals surface area contributed by atoms with Gasteiger partial charge in [-0.05, 0) is 34.4 Å². The van der Waals surface area contributed by atoms with Crippen molar-refractivity contribution in [3.63, 3.8) is 0 Å². The molecule has 2 aliphatic rings. The van der Waals surface area contributed by atoms with Crippen molar-refractivity contribution < 1.29 is 8.78 Å². The molecule has 0 saturated heterocycles. The van der Waals surface area contributed by atoms with E-state index in [9.17, 15) is 36.8 Å². The van der Waals surface area contributed by atoms with Gasteiger partial charge in [0.15, 0.2) is 0 Å². The molecule has 0 saturated carbocycles. The van der Waals surface area contributed by atoms with Crippen LogP contribution in [0.3, 0.4) is 0 Å². The molecule has 0 radical (unpaired) electrons. The highest BCUT2D eigenvalue weighted by Gasteiger charge is 2.44. The number of allylic oxidation sites excluding steroid dienone is 7. The Morgan fingerprint density at radius 2 is 1.06 bits per heavy atom. The lowest BCUT2D eigenvalue weighted by Gasteiger charge is -2.16. The summed E-state index contributed by atoms with van der Waals surface area (Å²) in [6.45, 7) is 23.5. The van der Waals surface area contributed by atoms with Crippen molar-refractivity contribution in [1.82, 2.24) is 9.97 Å². The van der Waals surface area contributed by atoms with Crippen molar-refractivity contribution in [3.05, 3.63) is 138 Å². The number of fused-ring (bicyclic) bond motifs is 2. The standard InChI is InChI=1S/C34H4F2N12/c1-44-24(11-42)32-26(17-4-15(6-37)47-13-22(17)35)19(8-39)27-20(9-40)29-31(21(10-41)28(27)32)34(46-3)30(33(29)25(12-43)45-2)18-5-16(7-38)48-14-23(18)36/h4-5,13-14H/b32-24-,33-25-. The van der Waals surface area contributed by atoms with Crippen LogP contribution < -0.4 is 0 Å². The van der Waals surface area contributed by atoms with Gasteiger partial charge in [0.1, 0.15) is 47.3 Å². The Balaban J connectivity index is 2.15. The Hall–Kier alpha value is -8.76. The molecule has 0 unspecified atom stereocenters. The van der Waals surface area contributed by atoms with Crippen molar-refractivity contribution in [2.75, 3.05) is 0 Å². The highest BCUT2D eigenvalue weighted by Crippen LogP contribution is 2.58. The molecule has 12 nitrogen and oxygen atoms in total. The van der Waals surface area contributed by atoms with Crippen molar-refractivity contribution in [2.45, 2.75) is 0 Å². The predicted octanol–water partition coefficient (Wildman–Crippen LogP) is 5.80. The van der Waals surface area contributed by atoms with Crippen LogP contribution in [0.1, 0.15) is 55.9 Å². The van der Waals surface area contributed by atoms with Crippen LogP contribution >= 0.6 is 0 Å². The Morgan fingerprint density at radius 3 is 1.48 bits per heavy atom. The summed E-state index contributed by atoms with van der Waals surface area (Å²) in [4.78, 5) is 17.2. The molecule has 1 aromatic carbocycles. The number of aromatic nitrogens is 2. The second kappa shape index (κ2) is 11.7. The maximum atomic E-state index is 15.4. The lowest BCUT2D eigenvalue weighted by Crippen LogP contribution is -2.04. The van der Waals surface area contributed by atoms with Gasteiger partial charge in [-0.1, -0.05) is 0 Å². The third-order valence-electron chi connectivity index (χ3n) is 7.31. The van der Waals surface area contributed by atoms with Crippen molar-refractivity contribution in [2.24, 2.45) is 0 Å². The molecule has 5 rings (SSSR count). The Bertz CT molecular complexity index is 2470.